The van der Waals surface area contributed by atoms with Gasteiger partial charge in [0.25, 0.3) is 0 Å². The van der Waals surface area contributed by atoms with Gasteiger partial charge in [-0.1, -0.05) is 0 Å². The molecule has 1 N–H and O–H groups in total. The molecule has 0 amide bonds. The summed E-state index contributed by atoms with van der Waals surface area (Å²) in [5.41, 5.74) is 0. The van der Waals surface area contributed by atoms with Gasteiger partial charge in [0.1, 0.15) is 0 Å². The molecule has 0 heterocycles. The van der Waals surface area contributed by atoms with E-state index in [0.717, 1.165) is 6.92 Å². The molecule has 0 fully saturated rings. The van der Waals surface area contributed by atoms with Crippen LogP contribution in [0.15, 0.2) is 0 Å². The van der Waals surface area contributed by atoms with Gasteiger partial charge in [-0.25, -0.2) is 0 Å². The third kappa shape index (κ3) is 5.71. The summed E-state index contributed by atoms with van der Waals surface area (Å²) in [6.07, 6.45) is -6.51. The van der Waals surface area contributed by atoms with Crippen LogP contribution in [0.1, 0.15) is 6.92 Å². The first-order valence-corrected chi connectivity index (χ1v) is 1.84. The van der Waals surface area contributed by atoms with Crippen LogP contribution in [0.25, 0.3) is 0 Å². The summed E-state index contributed by atoms with van der Waals surface area (Å²) in [5.74, 6) is 0. The lowest BCUT2D eigenvalue weighted by Crippen LogP contribution is -2.20. The molecule has 0 aliphatic rings. The van der Waals surface area contributed by atoms with Crippen molar-refractivity contribution >= 4 is 0 Å². The van der Waals surface area contributed by atoms with E-state index in [9.17, 15) is 13.2 Å². The van der Waals surface area contributed by atoms with Crippen molar-refractivity contribution in [2.45, 2.75) is 19.6 Å². The van der Waals surface area contributed by atoms with Crippen molar-refractivity contribution in [3.63, 3.8) is 0 Å². The topological polar surface area (TPSA) is 29.5 Å². The Balaban J connectivity index is 3.39. The number of hydrogen-bond donors (Lipinski definition) is 1. The number of aliphatic hydroxyl groups is 1. The lowest BCUT2D eigenvalue weighted by molar-refractivity contribution is -0.368. The highest BCUT2D eigenvalue weighted by atomic mass is 19.4. The van der Waals surface area contributed by atoms with Crippen molar-refractivity contribution < 1.29 is 23.0 Å². The van der Waals surface area contributed by atoms with Crippen LogP contribution in [-0.2, 0) is 4.74 Å². The maximum Gasteiger partial charge on any atom is 0.524 e. The normalized spacial score (nSPS) is 16.1. The Morgan fingerprint density at radius 3 is 1.88 bits per heavy atom. The number of aliphatic hydroxyl groups excluding tert-OH is 1. The summed E-state index contributed by atoms with van der Waals surface area (Å²) in [6.45, 7) is 0.882. The fraction of sp³-hybridized carbons (Fsp3) is 1.00. The Bertz CT molecular complexity index is 67.4. The zero-order valence-electron chi connectivity index (χ0n) is 4.07. The second-order valence-corrected chi connectivity index (χ2v) is 1.16. The fourth-order valence-electron chi connectivity index (χ4n) is 0.193. The van der Waals surface area contributed by atoms with E-state index in [1.807, 2.05) is 0 Å². The first-order chi connectivity index (χ1) is 3.42. The van der Waals surface area contributed by atoms with Crippen LogP contribution in [0.3, 0.4) is 0 Å². The summed E-state index contributed by atoms with van der Waals surface area (Å²) in [5, 5.41) is 7.95. The lowest BCUT2D eigenvalue weighted by atomic mass is 10.8. The number of hydrogen-bond acceptors (Lipinski definition) is 2. The van der Waals surface area contributed by atoms with Crippen molar-refractivity contribution in [1.29, 1.82) is 0 Å². The van der Waals surface area contributed by atoms with E-state index in [-0.39, 0.29) is 0 Å². The molecule has 5 heteroatoms. The molecule has 0 aromatic carbocycles. The molecule has 0 saturated heterocycles. The summed E-state index contributed by atoms with van der Waals surface area (Å²) < 4.78 is 35.8. The summed E-state index contributed by atoms with van der Waals surface area (Å²) in [7, 11) is 0. The van der Waals surface area contributed by atoms with E-state index in [2.05, 4.69) is 4.74 Å². The molecule has 0 rings (SSSR count). The summed E-state index contributed by atoms with van der Waals surface area (Å²) in [4.78, 5) is 0. The van der Waals surface area contributed by atoms with Crippen molar-refractivity contribution in [3.05, 3.63) is 0 Å². The Labute approximate surface area is 43.9 Å². The molecule has 8 heavy (non-hydrogen) atoms. The van der Waals surface area contributed by atoms with Gasteiger partial charge in [0, 0.05) is 0 Å². The van der Waals surface area contributed by atoms with Gasteiger partial charge in [0.15, 0.2) is 6.29 Å². The Hall–Kier alpha value is -0.290. The molecule has 0 aliphatic heterocycles. The van der Waals surface area contributed by atoms with E-state index < -0.39 is 12.7 Å². The third-order valence-electron chi connectivity index (χ3n) is 0.304. The quantitative estimate of drug-likeness (QED) is 0.533. The predicted molar refractivity (Wildman–Crippen MR) is 18.8 cm³/mol. The third-order valence-corrected chi connectivity index (χ3v) is 0.304. The molecule has 50 valence electrons. The minimum absolute atomic E-state index is 0.882. The van der Waals surface area contributed by atoms with Gasteiger partial charge < -0.3 is 5.11 Å². The highest BCUT2D eigenvalue weighted by Crippen LogP contribution is 2.17. The van der Waals surface area contributed by atoms with Gasteiger partial charge in [-0.15, -0.1) is 13.2 Å². The molecule has 1 unspecified atom stereocenters. The molecular weight excluding hydrogens is 125 g/mol. The van der Waals surface area contributed by atoms with E-state index in [1.54, 1.807) is 0 Å². The molecule has 1 atom stereocenters. The molecule has 0 saturated carbocycles. The van der Waals surface area contributed by atoms with E-state index in [1.165, 1.54) is 0 Å². The molecule has 0 aromatic rings. The highest BCUT2D eigenvalue weighted by Gasteiger charge is 2.30. The molecule has 0 aliphatic carbocycles. The lowest BCUT2D eigenvalue weighted by Gasteiger charge is -2.07. The second kappa shape index (κ2) is 2.32. The number of alkyl halides is 3. The maximum absolute atomic E-state index is 10.9. The van der Waals surface area contributed by atoms with Gasteiger partial charge >= 0.3 is 6.36 Å². The Kier molecular flexibility index (Phi) is 2.24. The summed E-state index contributed by atoms with van der Waals surface area (Å²) in [6, 6.07) is 0. The van der Waals surface area contributed by atoms with E-state index in [0.29, 0.717) is 0 Å². The predicted octanol–water partition coefficient (Wildman–Crippen LogP) is 0.861. The average Bonchev–Trinajstić information content (AvgIpc) is 1.21. The van der Waals surface area contributed by atoms with Crippen molar-refractivity contribution in [2.75, 3.05) is 0 Å². The van der Waals surface area contributed by atoms with Crippen LogP contribution in [0.4, 0.5) is 13.2 Å². The minimum atomic E-state index is -4.73. The van der Waals surface area contributed by atoms with Gasteiger partial charge in [-0.2, -0.15) is 0 Å². The zero-order chi connectivity index (χ0) is 6.78. The van der Waals surface area contributed by atoms with E-state index >= 15 is 0 Å². The van der Waals surface area contributed by atoms with Gasteiger partial charge in [0.05, 0.1) is 0 Å². The number of halogens is 3. The van der Waals surface area contributed by atoms with Crippen LogP contribution in [-0.4, -0.2) is 17.8 Å². The molecular formula is C3H5F3O2. The van der Waals surface area contributed by atoms with Gasteiger partial charge in [0.2, 0.25) is 0 Å². The second-order valence-electron chi connectivity index (χ2n) is 1.16. The van der Waals surface area contributed by atoms with Crippen LogP contribution < -0.4 is 0 Å². The van der Waals surface area contributed by atoms with Crippen LogP contribution >= 0.6 is 0 Å². The molecule has 2 nitrogen and oxygen atoms in total. The standard InChI is InChI=1S/C3H5F3O2/c1-2(7)8-3(4,5)6/h2,7H,1H3. The Morgan fingerprint density at radius 1 is 1.50 bits per heavy atom. The number of rotatable bonds is 1. The van der Waals surface area contributed by atoms with Crippen molar-refractivity contribution in [3.8, 4) is 0 Å². The molecule has 0 bridgehead atoms. The average molecular weight is 130 g/mol. The van der Waals surface area contributed by atoms with Crippen LogP contribution in [0, 0.1) is 0 Å². The Morgan fingerprint density at radius 2 is 1.88 bits per heavy atom. The first-order valence-electron chi connectivity index (χ1n) is 1.84. The van der Waals surface area contributed by atoms with Crippen molar-refractivity contribution in [1.82, 2.24) is 0 Å². The highest BCUT2D eigenvalue weighted by molar-refractivity contribution is 4.27. The zero-order valence-corrected chi connectivity index (χ0v) is 4.07. The molecule has 0 aromatic heterocycles. The minimum Gasteiger partial charge on any atom is -0.368 e. The molecule has 0 spiro atoms. The van der Waals surface area contributed by atoms with Gasteiger partial charge in [-0.3, -0.25) is 4.74 Å². The van der Waals surface area contributed by atoms with Crippen LogP contribution in [0.5, 0.6) is 0 Å². The SMILES string of the molecule is CC(O)OC(F)(F)F. The monoisotopic (exact) mass is 130 g/mol. The summed E-state index contributed by atoms with van der Waals surface area (Å²) >= 11 is 0. The fourth-order valence-corrected chi connectivity index (χ4v) is 0.193. The number of ether oxygens (including phenoxy) is 1. The van der Waals surface area contributed by atoms with Crippen LogP contribution in [0.2, 0.25) is 0 Å². The largest absolute Gasteiger partial charge is 0.524 e. The smallest absolute Gasteiger partial charge is 0.368 e. The maximum atomic E-state index is 10.9. The first kappa shape index (κ1) is 7.71. The van der Waals surface area contributed by atoms with E-state index in [4.69, 9.17) is 5.11 Å². The molecule has 0 radical (unpaired) electrons. The van der Waals surface area contributed by atoms with Gasteiger partial charge in [-0.05, 0) is 6.92 Å². The van der Waals surface area contributed by atoms with Crippen molar-refractivity contribution in [2.24, 2.45) is 0 Å².